The van der Waals surface area contributed by atoms with Crippen LogP contribution in [0.25, 0.3) is 11.1 Å². The third kappa shape index (κ3) is 5.42. The second kappa shape index (κ2) is 10.3. The van der Waals surface area contributed by atoms with Crippen LogP contribution in [0.15, 0.2) is 60.9 Å². The molecule has 1 unspecified atom stereocenters. The van der Waals surface area contributed by atoms with Crippen LogP contribution in [0.3, 0.4) is 0 Å². The van der Waals surface area contributed by atoms with Crippen molar-refractivity contribution >= 4 is 5.69 Å². The molecule has 0 bridgehead atoms. The Morgan fingerprint density at radius 3 is 2.39 bits per heavy atom. The molecule has 7 nitrogen and oxygen atoms in total. The smallest absolute Gasteiger partial charge is 0.138 e. The van der Waals surface area contributed by atoms with Gasteiger partial charge in [0.05, 0.1) is 25.3 Å². The lowest BCUT2D eigenvalue weighted by atomic mass is 10.0. The van der Waals surface area contributed by atoms with Gasteiger partial charge in [-0.1, -0.05) is 36.1 Å². The lowest BCUT2D eigenvalue weighted by molar-refractivity contribution is 0.176. The highest BCUT2D eigenvalue weighted by Crippen LogP contribution is 2.23. The fourth-order valence-electron chi connectivity index (χ4n) is 3.91. The van der Waals surface area contributed by atoms with E-state index in [0.717, 1.165) is 35.5 Å². The van der Waals surface area contributed by atoms with Crippen molar-refractivity contribution in [1.82, 2.24) is 14.5 Å². The minimum Gasteiger partial charge on any atom is -0.393 e. The van der Waals surface area contributed by atoms with E-state index in [-0.39, 0.29) is 6.61 Å². The van der Waals surface area contributed by atoms with Crippen LogP contribution in [0.4, 0.5) is 5.69 Å². The van der Waals surface area contributed by atoms with E-state index in [1.807, 2.05) is 24.3 Å². The molecule has 2 heterocycles. The Labute approximate surface area is 193 Å². The van der Waals surface area contributed by atoms with Crippen molar-refractivity contribution < 1.29 is 10.2 Å². The summed E-state index contributed by atoms with van der Waals surface area (Å²) in [6.45, 7) is 3.76. The SMILES string of the molecule is C[C@H](O)c1nccn1C(C#Cc1ccc(-c2ccc(NC3CN(CC#N)C3)cc2)cc1)CO. The van der Waals surface area contributed by atoms with E-state index >= 15 is 0 Å². The van der Waals surface area contributed by atoms with Gasteiger partial charge in [-0.05, 0) is 42.3 Å². The number of nitrogens with one attached hydrogen (secondary N) is 1. The van der Waals surface area contributed by atoms with Crippen molar-refractivity contribution in [1.29, 1.82) is 5.26 Å². The molecular formula is C26H27N5O2. The molecule has 3 N–H and O–H groups in total. The molecular weight excluding hydrogens is 414 g/mol. The minimum absolute atomic E-state index is 0.168. The van der Waals surface area contributed by atoms with Crippen LogP contribution in [0.5, 0.6) is 0 Å². The zero-order valence-electron chi connectivity index (χ0n) is 18.5. The van der Waals surface area contributed by atoms with Gasteiger partial charge in [0.2, 0.25) is 0 Å². The predicted octanol–water partition coefficient (Wildman–Crippen LogP) is 2.81. The van der Waals surface area contributed by atoms with Gasteiger partial charge in [-0.15, -0.1) is 0 Å². The number of likely N-dealkylation sites (tertiary alicyclic amines) is 1. The minimum atomic E-state index is -0.733. The van der Waals surface area contributed by atoms with E-state index in [1.54, 1.807) is 23.9 Å². The molecule has 2 aromatic carbocycles. The second-order valence-corrected chi connectivity index (χ2v) is 8.18. The predicted molar refractivity (Wildman–Crippen MR) is 127 cm³/mol. The highest BCUT2D eigenvalue weighted by molar-refractivity contribution is 5.67. The Morgan fingerprint density at radius 1 is 1.12 bits per heavy atom. The Kier molecular flexibility index (Phi) is 7.07. The molecule has 1 saturated heterocycles. The van der Waals surface area contributed by atoms with Crippen LogP contribution >= 0.6 is 0 Å². The van der Waals surface area contributed by atoms with Crippen molar-refractivity contribution in [2.24, 2.45) is 0 Å². The van der Waals surface area contributed by atoms with Crippen LogP contribution < -0.4 is 5.32 Å². The fourth-order valence-corrected chi connectivity index (χ4v) is 3.91. The molecule has 1 aromatic heterocycles. The van der Waals surface area contributed by atoms with Gasteiger partial charge in [0, 0.05) is 36.7 Å². The lowest BCUT2D eigenvalue weighted by Crippen LogP contribution is -2.54. The maximum atomic E-state index is 9.84. The van der Waals surface area contributed by atoms with Gasteiger partial charge in [0.15, 0.2) is 0 Å². The highest BCUT2D eigenvalue weighted by atomic mass is 16.3. The maximum absolute atomic E-state index is 9.84. The normalized spacial score (nSPS) is 15.6. The number of imidazole rings is 1. The number of nitriles is 1. The topological polar surface area (TPSA) is 97.3 Å². The third-order valence-corrected chi connectivity index (χ3v) is 5.69. The zero-order chi connectivity index (χ0) is 23.2. The molecule has 1 aliphatic rings. The van der Waals surface area contributed by atoms with E-state index in [1.165, 1.54) is 0 Å². The maximum Gasteiger partial charge on any atom is 0.138 e. The lowest BCUT2D eigenvalue weighted by Gasteiger charge is -2.38. The molecule has 2 atom stereocenters. The first-order chi connectivity index (χ1) is 16.1. The second-order valence-electron chi connectivity index (χ2n) is 8.18. The van der Waals surface area contributed by atoms with E-state index in [4.69, 9.17) is 5.26 Å². The summed E-state index contributed by atoms with van der Waals surface area (Å²) in [7, 11) is 0. The highest BCUT2D eigenvalue weighted by Gasteiger charge is 2.25. The standard InChI is InChI=1S/C26H27N5O2/c1-19(33)26-28-13-15-31(26)25(18-32)11-4-20-2-5-21(6-3-20)22-7-9-23(10-8-22)29-24-16-30(17-24)14-12-27/h2-3,5-10,13,15,19,24-25,29,32-33H,14,16-18H2,1H3/t19-,25?/m0/s1. The van der Waals surface area contributed by atoms with E-state index in [9.17, 15) is 10.2 Å². The molecule has 0 saturated carbocycles. The summed E-state index contributed by atoms with van der Waals surface area (Å²) in [5.74, 6) is 6.66. The van der Waals surface area contributed by atoms with E-state index < -0.39 is 12.1 Å². The number of aliphatic hydroxyl groups is 2. The average Bonchev–Trinajstić information content (AvgIpc) is 3.29. The molecule has 0 spiro atoms. The van der Waals surface area contributed by atoms with Gasteiger partial charge in [0.25, 0.3) is 0 Å². The molecule has 0 amide bonds. The molecule has 0 radical (unpaired) electrons. The zero-order valence-corrected chi connectivity index (χ0v) is 18.5. The first-order valence-electron chi connectivity index (χ1n) is 11.0. The fraction of sp³-hybridized carbons (Fsp3) is 0.308. The number of hydrogen-bond donors (Lipinski definition) is 3. The summed E-state index contributed by atoms with van der Waals surface area (Å²) >= 11 is 0. The Balaban J connectivity index is 1.39. The van der Waals surface area contributed by atoms with Crippen LogP contribution in [0.1, 0.15) is 30.5 Å². The Bertz CT molecular complexity index is 1160. The van der Waals surface area contributed by atoms with Crippen molar-refractivity contribution in [3.63, 3.8) is 0 Å². The molecule has 168 valence electrons. The van der Waals surface area contributed by atoms with Gasteiger partial charge >= 0.3 is 0 Å². The quantitative estimate of drug-likeness (QED) is 0.385. The average molecular weight is 442 g/mol. The summed E-state index contributed by atoms with van der Waals surface area (Å²) in [5.41, 5.74) is 4.14. The number of anilines is 1. The summed E-state index contributed by atoms with van der Waals surface area (Å²) in [4.78, 5) is 6.25. The summed E-state index contributed by atoms with van der Waals surface area (Å²) < 4.78 is 1.70. The monoisotopic (exact) mass is 441 g/mol. The summed E-state index contributed by atoms with van der Waals surface area (Å²) in [5, 5.41) is 31.8. The van der Waals surface area contributed by atoms with Crippen molar-refractivity contribution in [3.05, 3.63) is 72.3 Å². The molecule has 7 heteroatoms. The van der Waals surface area contributed by atoms with Crippen LogP contribution in [-0.4, -0.2) is 56.9 Å². The van der Waals surface area contributed by atoms with Crippen LogP contribution in [0, 0.1) is 23.2 Å². The number of aromatic nitrogens is 2. The summed E-state index contributed by atoms with van der Waals surface area (Å²) in [6, 6.07) is 18.4. The summed E-state index contributed by atoms with van der Waals surface area (Å²) in [6.07, 6.45) is 2.58. The van der Waals surface area contributed by atoms with Crippen molar-refractivity contribution in [2.75, 3.05) is 31.6 Å². The first-order valence-corrected chi connectivity index (χ1v) is 11.0. The third-order valence-electron chi connectivity index (χ3n) is 5.69. The van der Waals surface area contributed by atoms with Gasteiger partial charge in [-0.2, -0.15) is 5.26 Å². The Morgan fingerprint density at radius 2 is 1.79 bits per heavy atom. The largest absolute Gasteiger partial charge is 0.393 e. The first kappa shape index (κ1) is 22.6. The molecule has 1 fully saturated rings. The van der Waals surface area contributed by atoms with Crippen LogP contribution in [0.2, 0.25) is 0 Å². The number of rotatable bonds is 7. The molecule has 4 rings (SSSR count). The van der Waals surface area contributed by atoms with E-state index in [2.05, 4.69) is 57.4 Å². The molecule has 0 aliphatic carbocycles. The number of hydrogen-bond acceptors (Lipinski definition) is 6. The van der Waals surface area contributed by atoms with Gasteiger partial charge < -0.3 is 20.1 Å². The van der Waals surface area contributed by atoms with Crippen molar-refractivity contribution in [2.45, 2.75) is 25.1 Å². The van der Waals surface area contributed by atoms with Crippen molar-refractivity contribution in [3.8, 4) is 29.0 Å². The molecule has 3 aromatic rings. The van der Waals surface area contributed by atoms with Gasteiger partial charge in [-0.25, -0.2) is 4.98 Å². The van der Waals surface area contributed by atoms with E-state index in [0.29, 0.717) is 18.4 Å². The molecule has 1 aliphatic heterocycles. The van der Waals surface area contributed by atoms with Crippen LogP contribution in [-0.2, 0) is 0 Å². The number of aliphatic hydroxyl groups excluding tert-OH is 2. The van der Waals surface area contributed by atoms with Gasteiger partial charge in [-0.3, -0.25) is 4.90 Å². The molecule has 33 heavy (non-hydrogen) atoms. The number of nitrogens with zero attached hydrogens (tertiary/aromatic N) is 4. The number of benzene rings is 2. The van der Waals surface area contributed by atoms with Gasteiger partial charge in [0.1, 0.15) is 18.0 Å². The Hall–Kier alpha value is -3.62.